The second-order valence-electron chi connectivity index (χ2n) is 5.86. The highest BCUT2D eigenvalue weighted by atomic mass is 16.7. The molecule has 0 spiro atoms. The van der Waals surface area contributed by atoms with Crippen LogP contribution in [0.1, 0.15) is 15.9 Å². The van der Waals surface area contributed by atoms with Crippen LogP contribution in [-0.2, 0) is 0 Å². The number of ether oxygens (including phenoxy) is 2. The predicted octanol–water partition coefficient (Wildman–Crippen LogP) is 4.33. The van der Waals surface area contributed by atoms with Gasteiger partial charge >= 0.3 is 0 Å². The summed E-state index contributed by atoms with van der Waals surface area (Å²) in [4.78, 5) is 12.2. The van der Waals surface area contributed by atoms with E-state index in [1.807, 2.05) is 42.5 Å². The second-order valence-corrected chi connectivity index (χ2v) is 5.86. The molecule has 4 heteroatoms. The highest BCUT2D eigenvalue weighted by Gasteiger charge is 2.24. The smallest absolute Gasteiger partial charge is 0.231 e. The van der Waals surface area contributed by atoms with Crippen LogP contribution in [0.5, 0.6) is 11.5 Å². The van der Waals surface area contributed by atoms with E-state index in [0.29, 0.717) is 11.3 Å². The van der Waals surface area contributed by atoms with Gasteiger partial charge in [-0.1, -0.05) is 36.4 Å². The molecule has 5 rings (SSSR count). The number of fused-ring (bicyclic) bond motifs is 1. The summed E-state index contributed by atoms with van der Waals surface area (Å²) in [7, 11) is 0. The van der Waals surface area contributed by atoms with E-state index < -0.39 is 0 Å². The Kier molecular flexibility index (Phi) is 2.54. The molecule has 3 aromatic rings. The number of ketones is 1. The normalized spacial score (nSPS) is 14.8. The number of carbonyl (C=O) groups excluding carboxylic acids is 1. The largest absolute Gasteiger partial charge is 0.504 e. The molecule has 0 fully saturated rings. The van der Waals surface area contributed by atoms with Crippen molar-refractivity contribution in [1.29, 1.82) is 0 Å². The van der Waals surface area contributed by atoms with Crippen molar-refractivity contribution in [1.82, 2.24) is 0 Å². The lowest BCUT2D eigenvalue weighted by Gasteiger charge is -2.17. The molecule has 3 aromatic carbocycles. The van der Waals surface area contributed by atoms with E-state index in [9.17, 15) is 9.90 Å². The topological polar surface area (TPSA) is 55.8 Å². The highest BCUT2D eigenvalue weighted by molar-refractivity contribution is 6.22. The summed E-state index contributed by atoms with van der Waals surface area (Å²) >= 11 is 0. The Balaban J connectivity index is 1.83. The van der Waals surface area contributed by atoms with Gasteiger partial charge in [0.15, 0.2) is 17.3 Å². The van der Waals surface area contributed by atoms with Crippen molar-refractivity contribution in [3.8, 4) is 22.6 Å². The summed E-state index contributed by atoms with van der Waals surface area (Å²) in [5.74, 6) is 0.856. The van der Waals surface area contributed by atoms with Gasteiger partial charge in [0.1, 0.15) is 0 Å². The van der Waals surface area contributed by atoms with Crippen LogP contribution in [0.4, 0.5) is 0 Å². The zero-order chi connectivity index (χ0) is 16.3. The van der Waals surface area contributed by atoms with E-state index >= 15 is 0 Å². The molecule has 1 aliphatic heterocycles. The Morgan fingerprint density at radius 1 is 0.917 bits per heavy atom. The van der Waals surface area contributed by atoms with Crippen LogP contribution >= 0.6 is 0 Å². The van der Waals surface area contributed by atoms with Crippen LogP contribution < -0.4 is 9.47 Å². The van der Waals surface area contributed by atoms with Gasteiger partial charge < -0.3 is 14.6 Å². The molecule has 0 unspecified atom stereocenters. The zero-order valence-corrected chi connectivity index (χ0v) is 12.6. The summed E-state index contributed by atoms with van der Waals surface area (Å²) < 4.78 is 10.8. The van der Waals surface area contributed by atoms with Crippen LogP contribution in [0, 0.1) is 0 Å². The fourth-order valence-corrected chi connectivity index (χ4v) is 3.40. The molecule has 0 saturated heterocycles. The van der Waals surface area contributed by atoms with E-state index in [2.05, 4.69) is 0 Å². The maximum absolute atomic E-state index is 12.2. The molecule has 24 heavy (non-hydrogen) atoms. The van der Waals surface area contributed by atoms with Crippen molar-refractivity contribution in [2.75, 3.05) is 6.79 Å². The molecule has 0 amide bonds. The van der Waals surface area contributed by atoms with Crippen molar-refractivity contribution in [3.05, 3.63) is 65.4 Å². The standard InChI is InChI=1S/C20H12O4/c21-16-9-15-13(12-5-7-17-18(8-12)24-10-23-17)6-4-11-2-1-3-14(19(11)15)20(16)22/h1-9,21H,10H2. The fourth-order valence-electron chi connectivity index (χ4n) is 3.40. The summed E-state index contributed by atoms with van der Waals surface area (Å²) in [5.41, 5.74) is 3.26. The van der Waals surface area contributed by atoms with Gasteiger partial charge in [-0.2, -0.15) is 0 Å². The third kappa shape index (κ3) is 1.71. The Morgan fingerprint density at radius 3 is 2.71 bits per heavy atom. The van der Waals surface area contributed by atoms with Crippen molar-refractivity contribution < 1.29 is 19.4 Å². The third-order valence-electron chi connectivity index (χ3n) is 4.53. The van der Waals surface area contributed by atoms with Gasteiger partial charge in [0.25, 0.3) is 0 Å². The number of rotatable bonds is 1. The summed E-state index contributed by atoms with van der Waals surface area (Å²) in [5, 5.41) is 11.9. The first-order valence-electron chi connectivity index (χ1n) is 7.63. The lowest BCUT2D eigenvalue weighted by molar-refractivity contribution is 0.0981. The van der Waals surface area contributed by atoms with Crippen molar-refractivity contribution in [3.63, 3.8) is 0 Å². The Labute approximate surface area is 137 Å². The van der Waals surface area contributed by atoms with Crippen molar-refractivity contribution >= 4 is 22.6 Å². The first-order valence-corrected chi connectivity index (χ1v) is 7.63. The number of allylic oxidation sites excluding steroid dienone is 1. The van der Waals surface area contributed by atoms with Crippen LogP contribution in [-0.4, -0.2) is 17.7 Å². The van der Waals surface area contributed by atoms with Crippen LogP contribution in [0.3, 0.4) is 0 Å². The Hall–Kier alpha value is -3.27. The van der Waals surface area contributed by atoms with Gasteiger partial charge in [-0.15, -0.1) is 0 Å². The van der Waals surface area contributed by atoms with Gasteiger partial charge in [0, 0.05) is 10.9 Å². The maximum Gasteiger partial charge on any atom is 0.231 e. The number of hydrogen-bond donors (Lipinski definition) is 1. The highest BCUT2D eigenvalue weighted by Crippen LogP contribution is 2.41. The molecule has 0 saturated carbocycles. The van der Waals surface area contributed by atoms with Gasteiger partial charge in [-0.25, -0.2) is 0 Å². The molecular weight excluding hydrogens is 304 g/mol. The van der Waals surface area contributed by atoms with Crippen molar-refractivity contribution in [2.45, 2.75) is 0 Å². The molecule has 1 aliphatic carbocycles. The second kappa shape index (κ2) is 4.61. The first kappa shape index (κ1) is 13.2. The molecule has 1 heterocycles. The molecule has 0 aromatic heterocycles. The minimum atomic E-state index is -0.337. The van der Waals surface area contributed by atoms with E-state index in [0.717, 1.165) is 33.2 Å². The number of carbonyl (C=O) groups is 1. The van der Waals surface area contributed by atoms with E-state index in [1.54, 1.807) is 12.1 Å². The molecule has 2 aliphatic rings. The monoisotopic (exact) mass is 316 g/mol. The number of benzene rings is 3. The first-order chi connectivity index (χ1) is 11.7. The zero-order valence-electron chi connectivity index (χ0n) is 12.6. The van der Waals surface area contributed by atoms with Gasteiger partial charge in [-0.05, 0) is 40.3 Å². The molecule has 0 bridgehead atoms. The average Bonchev–Trinajstić information content (AvgIpc) is 3.07. The number of hydrogen-bond acceptors (Lipinski definition) is 4. The SMILES string of the molecule is O=C1C(O)=Cc2c(-c3ccc4c(c3)OCO4)ccc3cccc1c23. The fraction of sp³-hybridized carbons (Fsp3) is 0.0500. The third-order valence-corrected chi connectivity index (χ3v) is 4.53. The van der Waals surface area contributed by atoms with Gasteiger partial charge in [0.05, 0.1) is 0 Å². The number of aliphatic hydroxyl groups is 1. The number of Topliss-reactive ketones (excluding diaryl/α,β-unsaturated/α-hetero) is 1. The predicted molar refractivity (Wildman–Crippen MR) is 90.4 cm³/mol. The summed E-state index contributed by atoms with van der Waals surface area (Å²) in [6.07, 6.45) is 1.55. The summed E-state index contributed by atoms with van der Waals surface area (Å²) in [6.45, 7) is 0.225. The lowest BCUT2D eigenvalue weighted by Crippen LogP contribution is -2.09. The lowest BCUT2D eigenvalue weighted by atomic mass is 9.86. The Morgan fingerprint density at radius 2 is 1.79 bits per heavy atom. The van der Waals surface area contributed by atoms with Crippen LogP contribution in [0.2, 0.25) is 0 Å². The number of aliphatic hydroxyl groups excluding tert-OH is 1. The molecule has 0 atom stereocenters. The van der Waals surface area contributed by atoms with E-state index in [-0.39, 0.29) is 18.3 Å². The maximum atomic E-state index is 12.2. The molecule has 116 valence electrons. The molecular formula is C20H12O4. The molecule has 0 radical (unpaired) electrons. The minimum Gasteiger partial charge on any atom is -0.504 e. The van der Waals surface area contributed by atoms with Gasteiger partial charge in [0.2, 0.25) is 12.6 Å². The summed E-state index contributed by atoms with van der Waals surface area (Å²) in [6, 6.07) is 15.3. The van der Waals surface area contributed by atoms with Gasteiger partial charge in [-0.3, -0.25) is 4.79 Å². The average molecular weight is 316 g/mol. The minimum absolute atomic E-state index is 0.225. The van der Waals surface area contributed by atoms with E-state index in [1.165, 1.54) is 0 Å². The Bertz CT molecular complexity index is 1060. The quantitative estimate of drug-likeness (QED) is 0.726. The van der Waals surface area contributed by atoms with Crippen molar-refractivity contribution in [2.24, 2.45) is 0 Å². The van der Waals surface area contributed by atoms with E-state index in [4.69, 9.17) is 9.47 Å². The van der Waals surface area contributed by atoms with Crippen LogP contribution in [0.25, 0.3) is 28.0 Å². The molecule has 1 N–H and O–H groups in total. The molecule has 4 nitrogen and oxygen atoms in total. The van der Waals surface area contributed by atoms with Crippen LogP contribution in [0.15, 0.2) is 54.3 Å².